The summed E-state index contributed by atoms with van der Waals surface area (Å²) in [6.07, 6.45) is 5.00. The lowest BCUT2D eigenvalue weighted by Crippen LogP contribution is -2.43. The number of hydrogen-bond acceptors (Lipinski definition) is 5. The molecule has 1 saturated carbocycles. The highest BCUT2D eigenvalue weighted by molar-refractivity contribution is 7.89. The molecule has 1 saturated heterocycles. The molecule has 1 heterocycles. The molecule has 3 rings (SSSR count). The van der Waals surface area contributed by atoms with Crippen LogP contribution in [0.15, 0.2) is 29.2 Å². The van der Waals surface area contributed by atoms with Gasteiger partial charge in [0.2, 0.25) is 15.9 Å². The fraction of sp³-hybridized carbons (Fsp3) is 0.611. The van der Waals surface area contributed by atoms with Crippen molar-refractivity contribution >= 4 is 15.9 Å². The summed E-state index contributed by atoms with van der Waals surface area (Å²) in [6, 6.07) is 7.39. The summed E-state index contributed by atoms with van der Waals surface area (Å²) in [6.45, 7) is 2.56. The van der Waals surface area contributed by atoms with Crippen molar-refractivity contribution in [3.8, 4) is 0 Å². The van der Waals surface area contributed by atoms with Crippen molar-refractivity contribution in [3.63, 3.8) is 0 Å². The number of aryl methyl sites for hydroxylation is 1. The number of benzene rings is 1. The molecule has 1 aromatic rings. The van der Waals surface area contributed by atoms with Crippen LogP contribution in [-0.4, -0.2) is 39.5 Å². The molecule has 0 bridgehead atoms. The van der Waals surface area contributed by atoms with E-state index in [1.165, 1.54) is 25.7 Å². The molecule has 8 heteroatoms. The van der Waals surface area contributed by atoms with Crippen molar-refractivity contribution in [2.24, 2.45) is 5.92 Å². The number of sulfonamides is 1. The van der Waals surface area contributed by atoms with Crippen molar-refractivity contribution < 1.29 is 13.2 Å². The Labute approximate surface area is 155 Å². The normalized spacial score (nSPS) is 25.7. The number of carbonyl (C=O) groups is 1. The van der Waals surface area contributed by atoms with Gasteiger partial charge in [0.15, 0.2) is 0 Å². The van der Waals surface area contributed by atoms with Crippen LogP contribution in [0.25, 0.3) is 0 Å². The highest BCUT2D eigenvalue weighted by Gasteiger charge is 2.36. The summed E-state index contributed by atoms with van der Waals surface area (Å²) in [5.74, 6) is 0.418. The predicted octanol–water partition coefficient (Wildman–Crippen LogP) is 0.815. The van der Waals surface area contributed by atoms with Crippen molar-refractivity contribution in [1.82, 2.24) is 20.9 Å². The van der Waals surface area contributed by atoms with Crippen molar-refractivity contribution in [2.75, 3.05) is 13.1 Å². The van der Waals surface area contributed by atoms with E-state index in [9.17, 15) is 13.2 Å². The molecule has 2 aliphatic rings. The maximum atomic E-state index is 12.2. The largest absolute Gasteiger partial charge is 0.354 e. The van der Waals surface area contributed by atoms with Crippen LogP contribution in [0.1, 0.15) is 37.7 Å². The summed E-state index contributed by atoms with van der Waals surface area (Å²) in [7, 11) is -3.57. The van der Waals surface area contributed by atoms with Crippen molar-refractivity contribution in [2.45, 2.75) is 56.0 Å². The average molecular weight is 381 g/mol. The Morgan fingerprint density at radius 3 is 2.65 bits per heavy atom. The second kappa shape index (κ2) is 8.47. The number of nitrogens with one attached hydrogen (secondary N) is 4. The Kier molecular flexibility index (Phi) is 6.29. The van der Waals surface area contributed by atoms with Gasteiger partial charge in [0.1, 0.15) is 0 Å². The number of amides is 1. The quantitative estimate of drug-likeness (QED) is 0.561. The first-order valence-corrected chi connectivity index (χ1v) is 10.8. The third-order valence-electron chi connectivity index (χ3n) is 5.28. The van der Waals surface area contributed by atoms with Crippen LogP contribution in [0, 0.1) is 12.8 Å². The van der Waals surface area contributed by atoms with Crippen LogP contribution < -0.4 is 20.9 Å². The number of fused-ring (bicyclic) bond motifs is 1. The van der Waals surface area contributed by atoms with Gasteiger partial charge in [0.05, 0.1) is 4.90 Å². The molecule has 1 aromatic carbocycles. The van der Waals surface area contributed by atoms with Crippen LogP contribution in [0.5, 0.6) is 0 Å². The summed E-state index contributed by atoms with van der Waals surface area (Å²) < 4.78 is 26.9. The van der Waals surface area contributed by atoms with Crippen LogP contribution in [0.3, 0.4) is 0 Å². The molecule has 0 spiro atoms. The Morgan fingerprint density at radius 2 is 1.88 bits per heavy atom. The van der Waals surface area contributed by atoms with Crippen LogP contribution >= 0.6 is 0 Å². The van der Waals surface area contributed by atoms with E-state index in [2.05, 4.69) is 20.9 Å². The van der Waals surface area contributed by atoms with Crippen molar-refractivity contribution in [1.29, 1.82) is 0 Å². The number of rotatable bonds is 7. The zero-order valence-electron chi connectivity index (χ0n) is 15.1. The molecular formula is C18H28N4O3S. The lowest BCUT2D eigenvalue weighted by atomic mass is 9.82. The van der Waals surface area contributed by atoms with Crippen LogP contribution in [-0.2, 0) is 14.8 Å². The standard InChI is InChI=1S/C18H28N4O3S/c1-13-6-8-14(9-7-13)26(24,25)20-11-10-18(23)19-12-17-15-4-2-3-5-16(15)21-22-17/h6-9,15-17,20-22H,2-5,10-12H2,1H3,(H,19,23). The monoisotopic (exact) mass is 380 g/mol. The first kappa shape index (κ1) is 19.3. The van der Waals surface area contributed by atoms with Gasteiger partial charge in [-0.25, -0.2) is 13.1 Å². The van der Waals surface area contributed by atoms with Gasteiger partial charge in [0, 0.05) is 31.6 Å². The fourth-order valence-corrected chi connectivity index (χ4v) is 4.79. The molecule has 1 aliphatic heterocycles. The SMILES string of the molecule is Cc1ccc(S(=O)(=O)NCCC(=O)NCC2NNC3CCCCC32)cc1. The number of hydrogen-bond donors (Lipinski definition) is 4. The van der Waals surface area contributed by atoms with Gasteiger partial charge in [0.25, 0.3) is 0 Å². The topological polar surface area (TPSA) is 99.3 Å². The maximum Gasteiger partial charge on any atom is 0.240 e. The van der Waals surface area contributed by atoms with E-state index in [-0.39, 0.29) is 29.8 Å². The van der Waals surface area contributed by atoms with Gasteiger partial charge in [-0.05, 0) is 37.8 Å². The first-order valence-electron chi connectivity index (χ1n) is 9.30. The second-order valence-corrected chi connectivity index (χ2v) is 8.98. The summed E-state index contributed by atoms with van der Waals surface area (Å²) >= 11 is 0. The third kappa shape index (κ3) is 4.82. The summed E-state index contributed by atoms with van der Waals surface area (Å²) in [4.78, 5) is 12.2. The molecule has 2 fully saturated rings. The van der Waals surface area contributed by atoms with Crippen LogP contribution in [0.4, 0.5) is 0 Å². The van der Waals surface area contributed by atoms with Gasteiger partial charge < -0.3 is 5.32 Å². The van der Waals surface area contributed by atoms with Crippen molar-refractivity contribution in [3.05, 3.63) is 29.8 Å². The minimum atomic E-state index is -3.57. The molecule has 26 heavy (non-hydrogen) atoms. The molecule has 1 aliphatic carbocycles. The highest BCUT2D eigenvalue weighted by Crippen LogP contribution is 2.29. The zero-order chi connectivity index (χ0) is 18.6. The molecule has 0 aromatic heterocycles. The molecule has 7 nitrogen and oxygen atoms in total. The van der Waals surface area contributed by atoms with E-state index in [4.69, 9.17) is 0 Å². The Morgan fingerprint density at radius 1 is 1.15 bits per heavy atom. The summed E-state index contributed by atoms with van der Waals surface area (Å²) in [5, 5.41) is 2.91. The molecule has 3 atom stereocenters. The number of carbonyl (C=O) groups excluding carboxylic acids is 1. The van der Waals surface area contributed by atoms with Gasteiger partial charge in [-0.3, -0.25) is 15.6 Å². The fourth-order valence-electron chi connectivity index (χ4n) is 3.76. The first-order chi connectivity index (χ1) is 12.5. The van der Waals surface area contributed by atoms with Gasteiger partial charge in [-0.2, -0.15) is 0 Å². The van der Waals surface area contributed by atoms with E-state index < -0.39 is 10.0 Å². The van der Waals surface area contributed by atoms with Gasteiger partial charge in [-0.1, -0.05) is 30.5 Å². The molecule has 144 valence electrons. The molecular weight excluding hydrogens is 352 g/mol. The van der Waals surface area contributed by atoms with Crippen LogP contribution in [0.2, 0.25) is 0 Å². The van der Waals surface area contributed by atoms with E-state index in [1.807, 2.05) is 6.92 Å². The van der Waals surface area contributed by atoms with E-state index in [0.717, 1.165) is 5.56 Å². The minimum absolute atomic E-state index is 0.0877. The lowest BCUT2D eigenvalue weighted by molar-refractivity contribution is -0.121. The van der Waals surface area contributed by atoms with E-state index >= 15 is 0 Å². The maximum absolute atomic E-state index is 12.2. The predicted molar refractivity (Wildman–Crippen MR) is 99.8 cm³/mol. The Bertz CT molecular complexity index is 720. The number of hydrazine groups is 1. The zero-order valence-corrected chi connectivity index (χ0v) is 15.9. The molecule has 3 unspecified atom stereocenters. The minimum Gasteiger partial charge on any atom is -0.354 e. The Balaban J connectivity index is 1.39. The Hall–Kier alpha value is -1.48. The molecule has 4 N–H and O–H groups in total. The lowest BCUT2D eigenvalue weighted by Gasteiger charge is -2.27. The van der Waals surface area contributed by atoms with E-state index in [1.54, 1.807) is 24.3 Å². The van der Waals surface area contributed by atoms with Gasteiger partial charge in [-0.15, -0.1) is 0 Å². The van der Waals surface area contributed by atoms with E-state index in [0.29, 0.717) is 18.5 Å². The van der Waals surface area contributed by atoms with Gasteiger partial charge >= 0.3 is 0 Å². The average Bonchev–Trinajstić information content (AvgIpc) is 3.03. The highest BCUT2D eigenvalue weighted by atomic mass is 32.2. The second-order valence-electron chi connectivity index (χ2n) is 7.21. The molecule has 1 amide bonds. The smallest absolute Gasteiger partial charge is 0.240 e. The molecule has 0 radical (unpaired) electrons. The third-order valence-corrected chi connectivity index (χ3v) is 6.76. The summed E-state index contributed by atoms with van der Waals surface area (Å²) in [5.41, 5.74) is 7.61.